The molecule has 0 atom stereocenters. The number of anilines is 2. The Bertz CT molecular complexity index is 582. The lowest BCUT2D eigenvalue weighted by atomic mass is 10.3. The smallest absolute Gasteiger partial charge is 0.319 e. The van der Waals surface area contributed by atoms with Crippen LogP contribution in [0.2, 0.25) is 0 Å². The van der Waals surface area contributed by atoms with Crippen LogP contribution >= 0.6 is 0 Å². The number of hydrogen-bond acceptors (Lipinski definition) is 3. The third-order valence-corrected chi connectivity index (χ3v) is 4.27. The van der Waals surface area contributed by atoms with Crippen molar-refractivity contribution in [3.63, 3.8) is 0 Å². The molecule has 2 rings (SSSR count). The van der Waals surface area contributed by atoms with Gasteiger partial charge >= 0.3 is 6.03 Å². The third kappa shape index (κ3) is 4.73. The van der Waals surface area contributed by atoms with E-state index in [-0.39, 0.29) is 17.8 Å². The fourth-order valence-electron chi connectivity index (χ4n) is 1.74. The van der Waals surface area contributed by atoms with Crippen molar-refractivity contribution in [2.24, 2.45) is 0 Å². The summed E-state index contributed by atoms with van der Waals surface area (Å²) < 4.78 is 25.8. The fraction of sp³-hybridized carbons (Fsp3) is 0.462. The zero-order valence-corrected chi connectivity index (χ0v) is 12.2. The molecule has 0 aromatic heterocycles. The highest BCUT2D eigenvalue weighted by molar-refractivity contribution is 7.92. The van der Waals surface area contributed by atoms with E-state index in [4.69, 9.17) is 0 Å². The Hall–Kier alpha value is -1.76. The predicted octanol–water partition coefficient (Wildman–Crippen LogP) is 2.12. The van der Waals surface area contributed by atoms with Gasteiger partial charge in [-0.1, -0.05) is 13.0 Å². The Kier molecular flexibility index (Phi) is 4.49. The second-order valence-electron chi connectivity index (χ2n) is 4.87. The highest BCUT2D eigenvalue weighted by atomic mass is 32.2. The summed E-state index contributed by atoms with van der Waals surface area (Å²) in [5, 5.41) is 5.49. The van der Waals surface area contributed by atoms with Gasteiger partial charge in [-0.3, -0.25) is 4.72 Å². The standard InChI is InChI=1S/C13H19N3O3S/c1-2-8-20(18,19)16-12-5-3-4-11(9-12)15-13(17)14-10-6-7-10/h3-5,9-10,16H,2,6-8H2,1H3,(H2,14,15,17). The molecule has 7 heteroatoms. The van der Waals surface area contributed by atoms with Crippen molar-refractivity contribution in [1.82, 2.24) is 5.32 Å². The molecule has 0 aliphatic heterocycles. The van der Waals surface area contributed by atoms with Crippen LogP contribution in [0.15, 0.2) is 24.3 Å². The topological polar surface area (TPSA) is 87.3 Å². The van der Waals surface area contributed by atoms with Crippen LogP contribution in [0.25, 0.3) is 0 Å². The Labute approximate surface area is 119 Å². The first-order valence-electron chi connectivity index (χ1n) is 6.66. The monoisotopic (exact) mass is 297 g/mol. The SMILES string of the molecule is CCCS(=O)(=O)Nc1cccc(NC(=O)NC2CC2)c1. The number of rotatable bonds is 6. The van der Waals surface area contributed by atoms with Crippen LogP contribution in [0.5, 0.6) is 0 Å². The number of carbonyl (C=O) groups excluding carboxylic acids is 1. The molecular weight excluding hydrogens is 278 g/mol. The van der Waals surface area contributed by atoms with Crippen LogP contribution in [-0.4, -0.2) is 26.2 Å². The Morgan fingerprint density at radius 1 is 1.30 bits per heavy atom. The van der Waals surface area contributed by atoms with Gasteiger partial charge < -0.3 is 10.6 Å². The van der Waals surface area contributed by atoms with Gasteiger partial charge in [0.15, 0.2) is 0 Å². The van der Waals surface area contributed by atoms with Crippen LogP contribution in [0.3, 0.4) is 0 Å². The lowest BCUT2D eigenvalue weighted by Gasteiger charge is -2.10. The van der Waals surface area contributed by atoms with Crippen molar-refractivity contribution < 1.29 is 13.2 Å². The number of urea groups is 1. The van der Waals surface area contributed by atoms with Gasteiger partial charge in [0.1, 0.15) is 0 Å². The Morgan fingerprint density at radius 3 is 2.65 bits per heavy atom. The first-order chi connectivity index (χ1) is 9.48. The third-order valence-electron chi connectivity index (χ3n) is 2.78. The number of benzene rings is 1. The van der Waals surface area contributed by atoms with Crippen LogP contribution in [0.1, 0.15) is 26.2 Å². The molecule has 110 valence electrons. The zero-order chi connectivity index (χ0) is 14.6. The van der Waals surface area contributed by atoms with Gasteiger partial charge in [-0.2, -0.15) is 0 Å². The summed E-state index contributed by atoms with van der Waals surface area (Å²) in [7, 11) is -3.32. The van der Waals surface area contributed by atoms with E-state index in [1.54, 1.807) is 31.2 Å². The quantitative estimate of drug-likeness (QED) is 0.751. The van der Waals surface area contributed by atoms with Gasteiger partial charge in [-0.25, -0.2) is 13.2 Å². The van der Waals surface area contributed by atoms with E-state index in [2.05, 4.69) is 15.4 Å². The summed E-state index contributed by atoms with van der Waals surface area (Å²) in [6, 6.07) is 6.67. The normalized spacial score (nSPS) is 14.7. The van der Waals surface area contributed by atoms with Gasteiger partial charge in [0.2, 0.25) is 10.0 Å². The molecule has 0 unspecified atom stereocenters. The van der Waals surface area contributed by atoms with Crippen molar-refractivity contribution in [1.29, 1.82) is 0 Å². The van der Waals surface area contributed by atoms with Crippen molar-refractivity contribution in [3.05, 3.63) is 24.3 Å². The summed E-state index contributed by atoms with van der Waals surface area (Å²) >= 11 is 0. The molecule has 0 radical (unpaired) electrons. The zero-order valence-electron chi connectivity index (χ0n) is 11.3. The number of nitrogens with one attached hydrogen (secondary N) is 3. The first-order valence-corrected chi connectivity index (χ1v) is 8.32. The largest absolute Gasteiger partial charge is 0.335 e. The Morgan fingerprint density at radius 2 is 2.00 bits per heavy atom. The number of amides is 2. The lowest BCUT2D eigenvalue weighted by Crippen LogP contribution is -2.30. The molecule has 0 bridgehead atoms. The lowest BCUT2D eigenvalue weighted by molar-refractivity contribution is 0.251. The van der Waals surface area contributed by atoms with Gasteiger partial charge in [-0.05, 0) is 37.5 Å². The molecule has 0 saturated heterocycles. The van der Waals surface area contributed by atoms with E-state index in [1.807, 2.05) is 0 Å². The fourth-order valence-corrected chi connectivity index (χ4v) is 2.87. The van der Waals surface area contributed by atoms with Gasteiger partial charge in [0.05, 0.1) is 11.4 Å². The van der Waals surface area contributed by atoms with E-state index in [0.717, 1.165) is 12.8 Å². The first kappa shape index (κ1) is 14.6. The average Bonchev–Trinajstić information content (AvgIpc) is 3.12. The number of hydrogen-bond donors (Lipinski definition) is 3. The molecule has 0 heterocycles. The maximum atomic E-state index is 11.7. The van der Waals surface area contributed by atoms with Crippen LogP contribution in [0.4, 0.5) is 16.2 Å². The molecule has 1 saturated carbocycles. The predicted molar refractivity (Wildman–Crippen MR) is 79.3 cm³/mol. The molecule has 3 N–H and O–H groups in total. The minimum atomic E-state index is -3.32. The molecule has 1 aliphatic rings. The highest BCUT2D eigenvalue weighted by Crippen LogP contribution is 2.20. The second-order valence-corrected chi connectivity index (χ2v) is 6.72. The molecule has 1 aromatic carbocycles. The molecule has 1 aromatic rings. The highest BCUT2D eigenvalue weighted by Gasteiger charge is 2.23. The van der Waals surface area contributed by atoms with Crippen molar-refractivity contribution in [3.8, 4) is 0 Å². The van der Waals surface area contributed by atoms with E-state index in [9.17, 15) is 13.2 Å². The molecule has 1 aliphatic carbocycles. The minimum Gasteiger partial charge on any atom is -0.335 e. The maximum absolute atomic E-state index is 11.7. The van der Waals surface area contributed by atoms with Gasteiger partial charge in [0, 0.05) is 11.7 Å². The summed E-state index contributed by atoms with van der Waals surface area (Å²) in [5.74, 6) is 0.0762. The summed E-state index contributed by atoms with van der Waals surface area (Å²) in [6.07, 6.45) is 2.59. The molecular formula is C13H19N3O3S. The number of carbonyl (C=O) groups is 1. The van der Waals surface area contributed by atoms with Crippen LogP contribution in [-0.2, 0) is 10.0 Å². The van der Waals surface area contributed by atoms with E-state index < -0.39 is 10.0 Å². The summed E-state index contributed by atoms with van der Waals surface area (Å²) in [6.45, 7) is 1.80. The molecule has 0 spiro atoms. The maximum Gasteiger partial charge on any atom is 0.319 e. The van der Waals surface area contributed by atoms with Crippen molar-refractivity contribution >= 4 is 27.4 Å². The van der Waals surface area contributed by atoms with Crippen molar-refractivity contribution in [2.45, 2.75) is 32.2 Å². The van der Waals surface area contributed by atoms with Gasteiger partial charge in [0.25, 0.3) is 0 Å². The van der Waals surface area contributed by atoms with E-state index in [0.29, 0.717) is 17.8 Å². The van der Waals surface area contributed by atoms with E-state index in [1.165, 1.54) is 0 Å². The molecule has 20 heavy (non-hydrogen) atoms. The van der Waals surface area contributed by atoms with Crippen LogP contribution < -0.4 is 15.4 Å². The van der Waals surface area contributed by atoms with E-state index >= 15 is 0 Å². The summed E-state index contributed by atoms with van der Waals surface area (Å²) in [4.78, 5) is 11.6. The number of sulfonamides is 1. The average molecular weight is 297 g/mol. The summed E-state index contributed by atoms with van der Waals surface area (Å²) in [5.41, 5.74) is 1.00. The molecule has 2 amide bonds. The second kappa shape index (κ2) is 6.13. The molecule has 1 fully saturated rings. The van der Waals surface area contributed by atoms with Crippen molar-refractivity contribution in [2.75, 3.05) is 15.8 Å². The van der Waals surface area contributed by atoms with Crippen LogP contribution in [0, 0.1) is 0 Å². The Balaban J connectivity index is 1.98. The molecule has 6 nitrogen and oxygen atoms in total. The van der Waals surface area contributed by atoms with Gasteiger partial charge in [-0.15, -0.1) is 0 Å². The minimum absolute atomic E-state index is 0.0762.